The van der Waals surface area contributed by atoms with Crippen molar-refractivity contribution < 1.29 is 14.3 Å². The van der Waals surface area contributed by atoms with Gasteiger partial charge in [0.2, 0.25) is 0 Å². The number of aliphatic imine (C=N–C) groups is 1. The first kappa shape index (κ1) is 15.8. The van der Waals surface area contributed by atoms with Crippen molar-refractivity contribution in [3.05, 3.63) is 58.1 Å². The molecule has 1 aliphatic carbocycles. The van der Waals surface area contributed by atoms with E-state index in [0.29, 0.717) is 6.61 Å². The lowest BCUT2D eigenvalue weighted by molar-refractivity contribution is -0.151. The van der Waals surface area contributed by atoms with E-state index in [1.54, 1.807) is 0 Å². The zero-order valence-corrected chi connectivity index (χ0v) is 15.1. The highest BCUT2D eigenvalue weighted by Crippen LogP contribution is 2.56. The van der Waals surface area contributed by atoms with Gasteiger partial charge in [0.1, 0.15) is 5.41 Å². The summed E-state index contributed by atoms with van der Waals surface area (Å²) >= 11 is 3.59. The van der Waals surface area contributed by atoms with E-state index in [9.17, 15) is 4.79 Å². The molecule has 0 amide bonds. The number of esters is 1. The van der Waals surface area contributed by atoms with E-state index in [4.69, 9.17) is 14.5 Å². The zero-order chi connectivity index (χ0) is 16.9. The maximum atomic E-state index is 12.9. The van der Waals surface area contributed by atoms with Gasteiger partial charge in [-0.3, -0.25) is 9.79 Å². The van der Waals surface area contributed by atoms with Crippen LogP contribution in [-0.2, 0) is 14.3 Å². The van der Waals surface area contributed by atoms with Gasteiger partial charge in [-0.15, -0.1) is 0 Å². The van der Waals surface area contributed by atoms with Gasteiger partial charge in [0.05, 0.1) is 31.6 Å². The first-order valence-corrected chi connectivity index (χ1v) is 8.77. The molecule has 4 nitrogen and oxygen atoms in total. The van der Waals surface area contributed by atoms with Gasteiger partial charge in [-0.25, -0.2) is 0 Å². The lowest BCUT2D eigenvalue weighted by Gasteiger charge is -2.30. The van der Waals surface area contributed by atoms with Gasteiger partial charge in [-0.1, -0.05) is 52.3 Å². The van der Waals surface area contributed by atoms with Crippen LogP contribution in [0.15, 0.2) is 57.5 Å². The number of hydrogen-bond acceptors (Lipinski definition) is 4. The van der Waals surface area contributed by atoms with Crippen molar-refractivity contribution in [2.45, 2.75) is 19.1 Å². The van der Waals surface area contributed by atoms with Gasteiger partial charge < -0.3 is 9.47 Å². The summed E-state index contributed by atoms with van der Waals surface area (Å²) in [6.45, 7) is 2.49. The third-order valence-corrected chi connectivity index (χ3v) is 6.13. The predicted octanol–water partition coefficient (Wildman–Crippen LogP) is 3.60. The maximum absolute atomic E-state index is 12.9. The Hall–Kier alpha value is -1.72. The maximum Gasteiger partial charge on any atom is 0.321 e. The molecule has 0 saturated carbocycles. The second kappa shape index (κ2) is 5.67. The number of methoxy groups -OCH3 is 1. The van der Waals surface area contributed by atoms with Crippen LogP contribution < -0.4 is 0 Å². The van der Waals surface area contributed by atoms with Gasteiger partial charge in [-0.2, -0.15) is 0 Å². The summed E-state index contributed by atoms with van der Waals surface area (Å²) in [4.78, 5) is 17.9. The molecule has 0 radical (unpaired) electrons. The molecule has 0 spiro atoms. The number of carbonyl (C=O) groups excluding carboxylic acids is 1. The molecule has 4 atom stereocenters. The molecule has 5 heteroatoms. The van der Waals surface area contributed by atoms with E-state index < -0.39 is 5.41 Å². The molecule has 4 rings (SSSR count). The van der Waals surface area contributed by atoms with Gasteiger partial charge >= 0.3 is 5.97 Å². The van der Waals surface area contributed by atoms with Crippen LogP contribution in [0.4, 0.5) is 0 Å². The summed E-state index contributed by atoms with van der Waals surface area (Å²) in [5.74, 6) is -0.333. The molecule has 124 valence electrons. The fourth-order valence-electron chi connectivity index (χ4n) is 4.08. The van der Waals surface area contributed by atoms with Crippen LogP contribution in [0.2, 0.25) is 0 Å². The van der Waals surface area contributed by atoms with E-state index in [-0.39, 0.29) is 24.0 Å². The van der Waals surface area contributed by atoms with E-state index in [0.717, 1.165) is 21.3 Å². The molecular formula is C19H18BrNO3. The van der Waals surface area contributed by atoms with Crippen molar-refractivity contribution in [2.24, 2.45) is 16.3 Å². The Labute approximate surface area is 149 Å². The molecule has 0 aromatic heterocycles. The van der Waals surface area contributed by atoms with Gasteiger partial charge in [0, 0.05) is 10.4 Å². The Morgan fingerprint density at radius 3 is 2.83 bits per heavy atom. The summed E-state index contributed by atoms with van der Waals surface area (Å²) in [6.07, 6.45) is 3.61. The third kappa shape index (κ3) is 2.01. The van der Waals surface area contributed by atoms with Gasteiger partial charge in [-0.05, 0) is 24.1 Å². The Bertz CT molecular complexity index is 783. The van der Waals surface area contributed by atoms with Crippen LogP contribution in [0, 0.1) is 11.3 Å². The van der Waals surface area contributed by atoms with Crippen molar-refractivity contribution in [1.29, 1.82) is 0 Å². The molecule has 1 aromatic carbocycles. The fraction of sp³-hybridized carbons (Fsp3) is 0.368. The Morgan fingerprint density at radius 2 is 2.12 bits per heavy atom. The SMILES string of the molecule is COC(=O)[C@]12C3=N[C@@H](c4ccccc4)[C@H]1CO[C@H]2C=C(C)C(Br)=C3. The average molecular weight is 388 g/mol. The summed E-state index contributed by atoms with van der Waals surface area (Å²) < 4.78 is 12.2. The standard InChI is InChI=1S/C19H18BrNO3/c1-11-8-16-19(18(22)23-2)13(10-24-16)17(12-6-4-3-5-7-12)21-15(19)9-14(11)20/h3-9,13,16-17H,10H2,1-2H3/t13-,16+,17+,19+/m1/s1. The van der Waals surface area contributed by atoms with Crippen LogP contribution >= 0.6 is 15.9 Å². The lowest BCUT2D eigenvalue weighted by Crippen LogP contribution is -2.47. The van der Waals surface area contributed by atoms with Crippen LogP contribution in [-0.4, -0.2) is 31.5 Å². The minimum atomic E-state index is -0.869. The monoisotopic (exact) mass is 387 g/mol. The normalized spacial score (nSPS) is 34.0. The third-order valence-electron chi connectivity index (χ3n) is 5.28. The predicted molar refractivity (Wildman–Crippen MR) is 95.1 cm³/mol. The van der Waals surface area contributed by atoms with Crippen molar-refractivity contribution in [3.8, 4) is 0 Å². The number of benzene rings is 1. The molecule has 1 saturated heterocycles. The Balaban J connectivity index is 1.92. The molecule has 2 aliphatic heterocycles. The number of hydrogen-bond donors (Lipinski definition) is 0. The number of carbonyl (C=O) groups is 1. The average Bonchev–Trinajstić information content (AvgIpc) is 3.09. The second-order valence-electron chi connectivity index (χ2n) is 6.43. The molecule has 1 fully saturated rings. The summed E-state index contributed by atoms with van der Waals surface area (Å²) in [5, 5.41) is 0. The van der Waals surface area contributed by atoms with Crippen LogP contribution in [0.5, 0.6) is 0 Å². The van der Waals surface area contributed by atoms with Crippen molar-refractivity contribution in [1.82, 2.24) is 0 Å². The lowest BCUT2D eigenvalue weighted by atomic mass is 9.69. The number of halogens is 1. The largest absolute Gasteiger partial charge is 0.468 e. The molecule has 1 aromatic rings. The highest BCUT2D eigenvalue weighted by Gasteiger charge is 2.66. The summed E-state index contributed by atoms with van der Waals surface area (Å²) in [6, 6.07) is 9.98. The molecular weight excluding hydrogens is 370 g/mol. The first-order chi connectivity index (χ1) is 11.6. The van der Waals surface area contributed by atoms with Crippen LogP contribution in [0.3, 0.4) is 0 Å². The summed E-state index contributed by atoms with van der Waals surface area (Å²) in [7, 11) is 1.43. The highest BCUT2D eigenvalue weighted by atomic mass is 79.9. The van der Waals surface area contributed by atoms with E-state index in [1.165, 1.54) is 7.11 Å². The number of rotatable bonds is 2. The van der Waals surface area contributed by atoms with E-state index in [1.807, 2.05) is 37.3 Å². The molecule has 0 N–H and O–H groups in total. The highest BCUT2D eigenvalue weighted by molar-refractivity contribution is 9.12. The molecule has 0 unspecified atom stereocenters. The zero-order valence-electron chi connectivity index (χ0n) is 13.5. The number of nitrogens with zero attached hydrogens (tertiary/aromatic N) is 1. The molecule has 3 aliphatic rings. The Kier molecular flexibility index (Phi) is 3.73. The molecule has 0 bridgehead atoms. The van der Waals surface area contributed by atoms with Gasteiger partial charge in [0.25, 0.3) is 0 Å². The molecule has 24 heavy (non-hydrogen) atoms. The quantitative estimate of drug-likeness (QED) is 0.728. The topological polar surface area (TPSA) is 47.9 Å². The molecule has 2 heterocycles. The van der Waals surface area contributed by atoms with Crippen LogP contribution in [0.25, 0.3) is 0 Å². The second-order valence-corrected chi connectivity index (χ2v) is 7.29. The smallest absolute Gasteiger partial charge is 0.321 e. The van der Waals surface area contributed by atoms with Crippen molar-refractivity contribution in [3.63, 3.8) is 0 Å². The fourth-order valence-corrected chi connectivity index (χ4v) is 4.43. The number of allylic oxidation sites excluding steroid dienone is 3. The van der Waals surface area contributed by atoms with Crippen molar-refractivity contribution in [2.75, 3.05) is 13.7 Å². The minimum absolute atomic E-state index is 0.0638. The first-order valence-electron chi connectivity index (χ1n) is 7.98. The number of ether oxygens (including phenoxy) is 2. The Morgan fingerprint density at radius 1 is 1.38 bits per heavy atom. The van der Waals surface area contributed by atoms with Gasteiger partial charge in [0.15, 0.2) is 0 Å². The van der Waals surface area contributed by atoms with E-state index in [2.05, 4.69) is 28.1 Å². The van der Waals surface area contributed by atoms with Crippen LogP contribution in [0.1, 0.15) is 18.5 Å². The summed E-state index contributed by atoms with van der Waals surface area (Å²) in [5.41, 5.74) is 2.01. The minimum Gasteiger partial charge on any atom is -0.468 e. The van der Waals surface area contributed by atoms with Crippen molar-refractivity contribution >= 4 is 27.6 Å². The van der Waals surface area contributed by atoms with E-state index >= 15 is 0 Å².